The monoisotopic (exact) mass is 225 g/mol. The maximum absolute atomic E-state index is 3.79. The van der Waals surface area contributed by atoms with Crippen LogP contribution in [0.5, 0.6) is 0 Å². The van der Waals surface area contributed by atoms with Crippen molar-refractivity contribution in [2.45, 2.75) is 65.2 Å². The highest BCUT2D eigenvalue weighted by atomic mass is 15.1. The van der Waals surface area contributed by atoms with Crippen molar-refractivity contribution in [1.29, 1.82) is 0 Å². The molecule has 1 nitrogen and oxygen atoms in total. The van der Waals surface area contributed by atoms with Gasteiger partial charge in [0.25, 0.3) is 0 Å². The Balaban J connectivity index is 3.15. The van der Waals surface area contributed by atoms with Gasteiger partial charge in [0.05, 0.1) is 0 Å². The molecule has 0 aliphatic heterocycles. The van der Waals surface area contributed by atoms with Crippen LogP contribution in [0, 0.1) is 0 Å². The first-order valence-corrected chi connectivity index (χ1v) is 7.18. The first kappa shape index (κ1) is 15.7. The van der Waals surface area contributed by atoms with Crippen molar-refractivity contribution < 1.29 is 0 Å². The number of unbranched alkanes of at least 4 members (excludes halogenated alkanes) is 7. The van der Waals surface area contributed by atoms with Crippen molar-refractivity contribution in [3.8, 4) is 0 Å². The van der Waals surface area contributed by atoms with Crippen LogP contribution in [0.1, 0.15) is 65.2 Å². The quantitative estimate of drug-likeness (QED) is 0.345. The molecule has 0 atom stereocenters. The molecule has 0 bridgehead atoms. The van der Waals surface area contributed by atoms with Crippen LogP contribution in [0.25, 0.3) is 0 Å². The summed E-state index contributed by atoms with van der Waals surface area (Å²) in [5, 5.41) is 0. The second-order valence-corrected chi connectivity index (χ2v) is 4.66. The number of nitrogens with zero attached hydrogens (tertiary/aromatic N) is 1. The van der Waals surface area contributed by atoms with Gasteiger partial charge in [0.15, 0.2) is 0 Å². The van der Waals surface area contributed by atoms with E-state index in [2.05, 4.69) is 25.3 Å². The molecule has 0 spiro atoms. The summed E-state index contributed by atoms with van der Waals surface area (Å²) in [6.45, 7) is 11.8. The molecule has 16 heavy (non-hydrogen) atoms. The minimum atomic E-state index is 1.05. The van der Waals surface area contributed by atoms with E-state index in [-0.39, 0.29) is 0 Å². The average molecular weight is 225 g/mol. The van der Waals surface area contributed by atoms with Gasteiger partial charge in [0, 0.05) is 6.54 Å². The van der Waals surface area contributed by atoms with Crippen LogP contribution < -0.4 is 0 Å². The zero-order chi connectivity index (χ0) is 12.1. The van der Waals surface area contributed by atoms with E-state index in [0.29, 0.717) is 0 Å². The molecule has 0 radical (unpaired) electrons. The summed E-state index contributed by atoms with van der Waals surface area (Å²) in [6.07, 6.45) is 13.3. The number of rotatable bonds is 12. The maximum Gasteiger partial charge on any atom is 0.0160 e. The molecule has 0 N–H and O–H groups in total. The first-order chi connectivity index (χ1) is 7.85. The van der Waals surface area contributed by atoms with Gasteiger partial charge in [-0.2, -0.15) is 0 Å². The summed E-state index contributed by atoms with van der Waals surface area (Å²) in [4.78, 5) is 2.46. The van der Waals surface area contributed by atoms with Gasteiger partial charge in [0.2, 0.25) is 0 Å². The van der Waals surface area contributed by atoms with Crippen LogP contribution in [-0.4, -0.2) is 24.5 Å². The van der Waals surface area contributed by atoms with Crippen molar-refractivity contribution in [3.63, 3.8) is 0 Å². The Morgan fingerprint density at radius 1 is 0.875 bits per heavy atom. The van der Waals surface area contributed by atoms with E-state index in [1.54, 1.807) is 0 Å². The molecule has 0 aromatic rings. The highest BCUT2D eigenvalue weighted by Gasteiger charge is 1.98. The SMILES string of the molecule is C=CCN(CC)CCCCCCCCCC. The third kappa shape index (κ3) is 10.2. The topological polar surface area (TPSA) is 3.24 Å². The second kappa shape index (κ2) is 12.8. The van der Waals surface area contributed by atoms with E-state index in [4.69, 9.17) is 0 Å². The lowest BCUT2D eigenvalue weighted by Crippen LogP contribution is -2.24. The van der Waals surface area contributed by atoms with Crippen molar-refractivity contribution >= 4 is 0 Å². The molecule has 0 aliphatic rings. The van der Waals surface area contributed by atoms with E-state index in [1.807, 2.05) is 6.08 Å². The molecule has 0 fully saturated rings. The number of hydrogen-bond donors (Lipinski definition) is 0. The van der Waals surface area contributed by atoms with Crippen LogP contribution in [0.3, 0.4) is 0 Å². The van der Waals surface area contributed by atoms with Crippen LogP contribution in [-0.2, 0) is 0 Å². The predicted molar refractivity (Wildman–Crippen MR) is 74.9 cm³/mol. The summed E-state index contributed by atoms with van der Waals surface area (Å²) in [6, 6.07) is 0. The second-order valence-electron chi connectivity index (χ2n) is 4.66. The molecule has 1 heteroatoms. The zero-order valence-electron chi connectivity index (χ0n) is 11.5. The summed E-state index contributed by atoms with van der Waals surface area (Å²) in [5.74, 6) is 0. The normalized spacial score (nSPS) is 10.9. The van der Waals surface area contributed by atoms with Gasteiger partial charge in [-0.3, -0.25) is 4.90 Å². The highest BCUT2D eigenvalue weighted by molar-refractivity contribution is 4.72. The summed E-state index contributed by atoms with van der Waals surface area (Å²) in [5.41, 5.74) is 0. The van der Waals surface area contributed by atoms with Crippen molar-refractivity contribution in [2.75, 3.05) is 19.6 Å². The lowest BCUT2D eigenvalue weighted by atomic mass is 10.1. The molecule has 0 rings (SSSR count). The minimum Gasteiger partial charge on any atom is -0.300 e. The molecular weight excluding hydrogens is 194 g/mol. The van der Waals surface area contributed by atoms with Gasteiger partial charge in [-0.05, 0) is 19.5 Å². The molecule has 0 saturated carbocycles. The largest absolute Gasteiger partial charge is 0.300 e. The molecule has 0 aliphatic carbocycles. The Kier molecular flexibility index (Phi) is 12.5. The van der Waals surface area contributed by atoms with Crippen molar-refractivity contribution in [1.82, 2.24) is 4.90 Å². The molecule has 96 valence electrons. The Morgan fingerprint density at radius 3 is 1.94 bits per heavy atom. The Morgan fingerprint density at radius 2 is 1.44 bits per heavy atom. The fourth-order valence-corrected chi connectivity index (χ4v) is 2.03. The molecule has 0 heterocycles. The predicted octanol–water partition coefficient (Wildman–Crippen LogP) is 4.64. The minimum absolute atomic E-state index is 1.05. The number of likely N-dealkylation sites (N-methyl/N-ethyl adjacent to an activating group) is 1. The summed E-state index contributed by atoms with van der Waals surface area (Å²) < 4.78 is 0. The van der Waals surface area contributed by atoms with Gasteiger partial charge in [-0.15, -0.1) is 6.58 Å². The molecule has 0 unspecified atom stereocenters. The molecule has 0 aromatic heterocycles. The van der Waals surface area contributed by atoms with Gasteiger partial charge in [-0.25, -0.2) is 0 Å². The Labute approximate surface area is 103 Å². The summed E-state index contributed by atoms with van der Waals surface area (Å²) in [7, 11) is 0. The lowest BCUT2D eigenvalue weighted by molar-refractivity contribution is 0.309. The van der Waals surface area contributed by atoms with Gasteiger partial charge in [-0.1, -0.05) is 64.9 Å². The molecule has 0 amide bonds. The van der Waals surface area contributed by atoms with E-state index < -0.39 is 0 Å². The van der Waals surface area contributed by atoms with Crippen LogP contribution in [0.15, 0.2) is 12.7 Å². The van der Waals surface area contributed by atoms with E-state index >= 15 is 0 Å². The van der Waals surface area contributed by atoms with E-state index in [9.17, 15) is 0 Å². The van der Waals surface area contributed by atoms with Gasteiger partial charge in [0.1, 0.15) is 0 Å². The third-order valence-electron chi connectivity index (χ3n) is 3.16. The van der Waals surface area contributed by atoms with Crippen LogP contribution in [0.4, 0.5) is 0 Å². The van der Waals surface area contributed by atoms with E-state index in [1.165, 1.54) is 57.9 Å². The third-order valence-corrected chi connectivity index (χ3v) is 3.16. The van der Waals surface area contributed by atoms with Crippen molar-refractivity contribution in [3.05, 3.63) is 12.7 Å². The Hall–Kier alpha value is -0.300. The smallest absolute Gasteiger partial charge is 0.0160 e. The fourth-order valence-electron chi connectivity index (χ4n) is 2.03. The van der Waals surface area contributed by atoms with Crippen LogP contribution in [0.2, 0.25) is 0 Å². The van der Waals surface area contributed by atoms with Gasteiger partial charge >= 0.3 is 0 Å². The standard InChI is InChI=1S/C15H31N/c1-4-7-8-9-10-11-12-13-15-16(6-3)14-5-2/h5H,2,4,6-15H2,1,3H3. The molecular formula is C15H31N. The molecule has 0 saturated heterocycles. The lowest BCUT2D eigenvalue weighted by Gasteiger charge is -2.17. The Bertz CT molecular complexity index is 142. The average Bonchev–Trinajstić information content (AvgIpc) is 2.31. The van der Waals surface area contributed by atoms with Crippen molar-refractivity contribution in [2.24, 2.45) is 0 Å². The van der Waals surface area contributed by atoms with Crippen LogP contribution >= 0.6 is 0 Å². The maximum atomic E-state index is 3.79. The van der Waals surface area contributed by atoms with E-state index in [0.717, 1.165) is 13.1 Å². The highest BCUT2D eigenvalue weighted by Crippen LogP contribution is 2.08. The molecule has 0 aromatic carbocycles. The number of hydrogen-bond acceptors (Lipinski definition) is 1. The summed E-state index contributed by atoms with van der Waals surface area (Å²) >= 11 is 0. The van der Waals surface area contributed by atoms with Gasteiger partial charge < -0.3 is 0 Å². The fraction of sp³-hybridized carbons (Fsp3) is 0.867. The first-order valence-electron chi connectivity index (χ1n) is 7.18. The zero-order valence-corrected chi connectivity index (χ0v) is 11.5.